The van der Waals surface area contributed by atoms with Crippen LogP contribution in [0, 0.1) is 6.92 Å². The average Bonchev–Trinajstić information content (AvgIpc) is 2.78. The van der Waals surface area contributed by atoms with Gasteiger partial charge in [0.2, 0.25) is 0 Å². The number of hydrogen-bond acceptors (Lipinski definition) is 4. The van der Waals surface area contributed by atoms with E-state index in [2.05, 4.69) is 51.6 Å². The largest absolute Gasteiger partial charge is 0.369 e. The van der Waals surface area contributed by atoms with Gasteiger partial charge >= 0.3 is 0 Å². The minimum absolute atomic E-state index is 0.0930. The number of amides is 2. The highest BCUT2D eigenvalue weighted by molar-refractivity contribution is 5.98. The lowest BCUT2D eigenvalue weighted by Gasteiger charge is -2.36. The summed E-state index contributed by atoms with van der Waals surface area (Å²) >= 11 is 0. The first kappa shape index (κ1) is 24.8. The predicted octanol–water partition coefficient (Wildman–Crippen LogP) is 3.86. The van der Waals surface area contributed by atoms with Gasteiger partial charge in [-0.1, -0.05) is 12.1 Å². The number of benzene rings is 2. The van der Waals surface area contributed by atoms with Crippen LogP contribution in [0.15, 0.2) is 48.5 Å². The number of unbranched alkanes of at least 4 members (excludes halogenated alkanes) is 1. The van der Waals surface area contributed by atoms with Gasteiger partial charge in [-0.2, -0.15) is 0 Å². The first-order valence-corrected chi connectivity index (χ1v) is 12.0. The third-order valence-electron chi connectivity index (χ3n) is 5.82. The van der Waals surface area contributed by atoms with Crippen LogP contribution in [0.4, 0.5) is 5.69 Å². The van der Waals surface area contributed by atoms with E-state index in [9.17, 15) is 9.59 Å². The van der Waals surface area contributed by atoms with Crippen molar-refractivity contribution in [3.8, 4) is 0 Å². The van der Waals surface area contributed by atoms with Gasteiger partial charge in [0, 0.05) is 55.1 Å². The Labute approximate surface area is 198 Å². The molecule has 0 spiro atoms. The monoisotopic (exact) mass is 450 g/mol. The maximum absolute atomic E-state index is 12.4. The summed E-state index contributed by atoms with van der Waals surface area (Å²) in [5.41, 5.74) is 3.47. The van der Waals surface area contributed by atoms with E-state index in [4.69, 9.17) is 0 Å². The molecular formula is C27H38N4O2. The zero-order valence-electron chi connectivity index (χ0n) is 20.5. The van der Waals surface area contributed by atoms with Gasteiger partial charge in [-0.15, -0.1) is 0 Å². The van der Waals surface area contributed by atoms with Crippen molar-refractivity contribution in [3.05, 3.63) is 65.2 Å². The lowest BCUT2D eigenvalue weighted by atomic mass is 10.1. The van der Waals surface area contributed by atoms with Gasteiger partial charge in [-0.25, -0.2) is 0 Å². The fourth-order valence-electron chi connectivity index (χ4n) is 4.00. The first-order chi connectivity index (χ1) is 15.7. The minimum atomic E-state index is -0.290. The van der Waals surface area contributed by atoms with Crippen LogP contribution in [0.2, 0.25) is 0 Å². The number of aryl methyl sites for hydroxylation is 1. The molecule has 1 heterocycles. The van der Waals surface area contributed by atoms with Crippen LogP contribution in [0.25, 0.3) is 0 Å². The molecule has 6 nitrogen and oxygen atoms in total. The summed E-state index contributed by atoms with van der Waals surface area (Å²) in [4.78, 5) is 29.6. The summed E-state index contributed by atoms with van der Waals surface area (Å²) in [7, 11) is 0. The number of hydrogen-bond donors (Lipinski definition) is 2. The highest BCUT2D eigenvalue weighted by Gasteiger charge is 2.17. The summed E-state index contributed by atoms with van der Waals surface area (Å²) < 4.78 is 0. The van der Waals surface area contributed by atoms with Gasteiger partial charge in [0.25, 0.3) is 11.8 Å². The van der Waals surface area contributed by atoms with Gasteiger partial charge < -0.3 is 15.5 Å². The van der Waals surface area contributed by atoms with E-state index in [1.807, 2.05) is 20.8 Å². The number of carbonyl (C=O) groups excluding carboxylic acids is 2. The SMILES string of the molecule is Cc1cccc(N2CCN(CCCCNC(=O)c3ccc(C(=O)NC(C)(C)C)cc3)CC2)c1. The molecule has 2 aromatic rings. The fourth-order valence-corrected chi connectivity index (χ4v) is 4.00. The summed E-state index contributed by atoms with van der Waals surface area (Å²) in [6.07, 6.45) is 2.02. The van der Waals surface area contributed by atoms with E-state index < -0.39 is 0 Å². The molecule has 2 amide bonds. The molecule has 0 unspecified atom stereocenters. The van der Waals surface area contributed by atoms with Crippen molar-refractivity contribution >= 4 is 17.5 Å². The molecular weight excluding hydrogens is 412 g/mol. The molecule has 2 aromatic carbocycles. The summed E-state index contributed by atoms with van der Waals surface area (Å²) in [5, 5.41) is 5.92. The van der Waals surface area contributed by atoms with E-state index in [0.29, 0.717) is 17.7 Å². The third kappa shape index (κ3) is 7.90. The lowest BCUT2D eigenvalue weighted by molar-refractivity contribution is 0.0915. The Morgan fingerprint density at radius 1 is 0.879 bits per heavy atom. The van der Waals surface area contributed by atoms with Crippen LogP contribution >= 0.6 is 0 Å². The van der Waals surface area contributed by atoms with Gasteiger partial charge in [-0.3, -0.25) is 14.5 Å². The Hall–Kier alpha value is -2.86. The Morgan fingerprint density at radius 3 is 2.12 bits per heavy atom. The van der Waals surface area contributed by atoms with Crippen molar-refractivity contribution in [1.82, 2.24) is 15.5 Å². The molecule has 1 aliphatic heterocycles. The Kier molecular flexibility index (Phi) is 8.50. The van der Waals surface area contributed by atoms with Crippen molar-refractivity contribution < 1.29 is 9.59 Å². The smallest absolute Gasteiger partial charge is 0.251 e. The van der Waals surface area contributed by atoms with Crippen molar-refractivity contribution in [2.24, 2.45) is 0 Å². The van der Waals surface area contributed by atoms with E-state index in [0.717, 1.165) is 45.6 Å². The van der Waals surface area contributed by atoms with Crippen LogP contribution in [0.1, 0.15) is 59.9 Å². The van der Waals surface area contributed by atoms with Gasteiger partial charge in [0.05, 0.1) is 0 Å². The highest BCUT2D eigenvalue weighted by Crippen LogP contribution is 2.18. The maximum atomic E-state index is 12.4. The molecule has 0 aliphatic carbocycles. The van der Waals surface area contributed by atoms with E-state index in [1.165, 1.54) is 11.3 Å². The second kappa shape index (κ2) is 11.3. The topological polar surface area (TPSA) is 64.7 Å². The third-order valence-corrected chi connectivity index (χ3v) is 5.82. The molecule has 1 saturated heterocycles. The quantitative estimate of drug-likeness (QED) is 0.600. The van der Waals surface area contributed by atoms with Gasteiger partial charge in [0.15, 0.2) is 0 Å². The summed E-state index contributed by atoms with van der Waals surface area (Å²) in [6.45, 7) is 14.0. The van der Waals surface area contributed by atoms with Crippen molar-refractivity contribution in [3.63, 3.8) is 0 Å². The number of nitrogens with zero attached hydrogens (tertiary/aromatic N) is 2. The van der Waals surface area contributed by atoms with Crippen LogP contribution < -0.4 is 15.5 Å². The number of carbonyl (C=O) groups is 2. The maximum Gasteiger partial charge on any atom is 0.251 e. The lowest BCUT2D eigenvalue weighted by Crippen LogP contribution is -2.46. The normalized spacial score (nSPS) is 14.7. The summed E-state index contributed by atoms with van der Waals surface area (Å²) in [6, 6.07) is 15.5. The molecule has 33 heavy (non-hydrogen) atoms. The number of rotatable bonds is 8. The van der Waals surface area contributed by atoms with E-state index in [-0.39, 0.29) is 17.4 Å². The van der Waals surface area contributed by atoms with Crippen LogP contribution in [0.3, 0.4) is 0 Å². The predicted molar refractivity (Wildman–Crippen MR) is 135 cm³/mol. The minimum Gasteiger partial charge on any atom is -0.369 e. The summed E-state index contributed by atoms with van der Waals surface area (Å²) in [5.74, 6) is -0.223. The molecule has 0 radical (unpaired) electrons. The van der Waals surface area contributed by atoms with Crippen molar-refractivity contribution in [2.45, 2.75) is 46.1 Å². The van der Waals surface area contributed by atoms with Crippen LogP contribution in [-0.4, -0.2) is 61.5 Å². The Morgan fingerprint density at radius 2 is 1.52 bits per heavy atom. The average molecular weight is 451 g/mol. The highest BCUT2D eigenvalue weighted by atomic mass is 16.2. The van der Waals surface area contributed by atoms with Crippen molar-refractivity contribution in [2.75, 3.05) is 44.2 Å². The number of anilines is 1. The van der Waals surface area contributed by atoms with Gasteiger partial charge in [0.1, 0.15) is 0 Å². The standard InChI is InChI=1S/C27H38N4O2/c1-21-8-7-9-24(20-21)31-18-16-30(17-19-31)15-6-5-14-28-25(32)22-10-12-23(13-11-22)26(33)29-27(2,3)4/h7-13,20H,5-6,14-19H2,1-4H3,(H,28,32)(H,29,33). The molecule has 1 aliphatic rings. The second-order valence-corrected chi connectivity index (χ2v) is 9.91. The molecule has 178 valence electrons. The molecule has 6 heteroatoms. The zero-order chi connectivity index (χ0) is 23.8. The molecule has 2 N–H and O–H groups in total. The zero-order valence-corrected chi connectivity index (χ0v) is 20.5. The number of nitrogens with one attached hydrogen (secondary N) is 2. The molecule has 0 bridgehead atoms. The van der Waals surface area contributed by atoms with Crippen LogP contribution in [-0.2, 0) is 0 Å². The molecule has 1 fully saturated rings. The van der Waals surface area contributed by atoms with Gasteiger partial charge in [-0.05, 0) is 89.0 Å². The molecule has 0 saturated carbocycles. The number of piperazine rings is 1. The molecule has 0 aromatic heterocycles. The van der Waals surface area contributed by atoms with Crippen molar-refractivity contribution in [1.29, 1.82) is 0 Å². The fraction of sp³-hybridized carbons (Fsp3) is 0.481. The van der Waals surface area contributed by atoms with E-state index in [1.54, 1.807) is 24.3 Å². The second-order valence-electron chi connectivity index (χ2n) is 9.91. The molecule has 3 rings (SSSR count). The molecule has 0 atom stereocenters. The Balaban J connectivity index is 1.32. The van der Waals surface area contributed by atoms with E-state index >= 15 is 0 Å². The first-order valence-electron chi connectivity index (χ1n) is 12.0. The van der Waals surface area contributed by atoms with Crippen LogP contribution in [0.5, 0.6) is 0 Å². The Bertz CT molecular complexity index is 926.